The largest absolute Gasteiger partial charge is 0.479 e. The molecule has 0 radical (unpaired) electrons. The van der Waals surface area contributed by atoms with Crippen LogP contribution < -0.4 is 10.5 Å². The average Bonchev–Trinajstić information content (AvgIpc) is 2.20. The van der Waals surface area contributed by atoms with E-state index < -0.39 is 12.0 Å². The topological polar surface area (TPSA) is 69.4 Å². The summed E-state index contributed by atoms with van der Waals surface area (Å²) in [5.41, 5.74) is 5.32. The van der Waals surface area contributed by atoms with Crippen molar-refractivity contribution in [3.8, 4) is 5.75 Å². The molecule has 0 bridgehead atoms. The summed E-state index contributed by atoms with van der Waals surface area (Å²) in [7, 11) is 0. The first-order valence-corrected chi connectivity index (χ1v) is 4.63. The first kappa shape index (κ1) is 11.5. The van der Waals surface area contributed by atoms with Crippen LogP contribution in [-0.2, 0) is 4.79 Å². The maximum absolute atomic E-state index is 10.8. The summed E-state index contributed by atoms with van der Waals surface area (Å²) >= 11 is 5.82. The van der Waals surface area contributed by atoms with Crippen LogP contribution in [0, 0.1) is 0 Å². The maximum Gasteiger partial charge on any atom is 0.258 e. The summed E-state index contributed by atoms with van der Waals surface area (Å²) in [5, 5.41) is 0.271. The van der Waals surface area contributed by atoms with E-state index in [1.54, 1.807) is 18.2 Å². The molecule has 0 aliphatic carbocycles. The third-order valence-electron chi connectivity index (χ3n) is 1.82. The first-order chi connectivity index (χ1) is 7.06. The first-order valence-electron chi connectivity index (χ1n) is 4.26. The fourth-order valence-electron chi connectivity index (χ4n) is 0.978. The Balaban J connectivity index is 3.02. The van der Waals surface area contributed by atoms with E-state index in [1.807, 2.05) is 0 Å². The number of hydrogen-bond donors (Lipinski definition) is 1. The summed E-state index contributed by atoms with van der Waals surface area (Å²) in [6, 6.07) is 4.73. The minimum Gasteiger partial charge on any atom is -0.479 e. The second kappa shape index (κ2) is 4.79. The highest BCUT2D eigenvalue weighted by Gasteiger charge is 2.15. The summed E-state index contributed by atoms with van der Waals surface area (Å²) in [5.74, 6) is -0.438. The number of carbonyl (C=O) groups excluding carboxylic acids is 2. The van der Waals surface area contributed by atoms with Gasteiger partial charge < -0.3 is 10.5 Å². The Hall–Kier alpha value is -1.55. The van der Waals surface area contributed by atoms with E-state index in [4.69, 9.17) is 22.1 Å². The number of para-hydroxylation sites is 1. The molecule has 0 fully saturated rings. The van der Waals surface area contributed by atoms with Crippen LogP contribution in [0.15, 0.2) is 18.2 Å². The van der Waals surface area contributed by atoms with Crippen LogP contribution in [0.2, 0.25) is 5.02 Å². The van der Waals surface area contributed by atoms with Crippen molar-refractivity contribution in [3.05, 3.63) is 28.8 Å². The molecule has 1 rings (SSSR count). The van der Waals surface area contributed by atoms with E-state index in [0.717, 1.165) is 0 Å². The number of nitrogens with two attached hydrogens (primary N) is 1. The average molecular weight is 228 g/mol. The molecule has 0 spiro atoms. The number of primary amides is 1. The molecule has 1 amide bonds. The van der Waals surface area contributed by atoms with Crippen LogP contribution in [0.5, 0.6) is 5.75 Å². The van der Waals surface area contributed by atoms with Gasteiger partial charge in [0.05, 0.1) is 10.6 Å². The summed E-state index contributed by atoms with van der Waals surface area (Å²) in [6.45, 7) is 1.49. The second-order valence-corrected chi connectivity index (χ2v) is 3.35. The lowest BCUT2D eigenvalue weighted by Crippen LogP contribution is -2.31. The van der Waals surface area contributed by atoms with Gasteiger partial charge in [0.25, 0.3) is 5.91 Å². The third kappa shape index (κ3) is 2.70. The highest BCUT2D eigenvalue weighted by molar-refractivity contribution is 6.32. The zero-order valence-corrected chi connectivity index (χ0v) is 8.82. The maximum atomic E-state index is 10.8. The second-order valence-electron chi connectivity index (χ2n) is 2.94. The van der Waals surface area contributed by atoms with Gasteiger partial charge in [0.15, 0.2) is 12.4 Å². The van der Waals surface area contributed by atoms with Gasteiger partial charge in [0.1, 0.15) is 5.75 Å². The molecule has 4 nitrogen and oxygen atoms in total. The molecule has 0 saturated carbocycles. The summed E-state index contributed by atoms with van der Waals surface area (Å²) in [4.78, 5) is 21.5. The van der Waals surface area contributed by atoms with Gasteiger partial charge in [0.2, 0.25) is 0 Å². The normalized spacial score (nSPS) is 11.9. The van der Waals surface area contributed by atoms with E-state index in [1.165, 1.54) is 6.92 Å². The highest BCUT2D eigenvalue weighted by atomic mass is 35.5. The lowest BCUT2D eigenvalue weighted by Gasteiger charge is -2.13. The predicted molar refractivity (Wildman–Crippen MR) is 56.1 cm³/mol. The van der Waals surface area contributed by atoms with Crippen LogP contribution in [0.4, 0.5) is 0 Å². The Morgan fingerprint density at radius 2 is 2.27 bits per heavy atom. The van der Waals surface area contributed by atoms with Gasteiger partial charge in [-0.1, -0.05) is 17.7 Å². The van der Waals surface area contributed by atoms with Crippen molar-refractivity contribution >= 4 is 23.8 Å². The Bertz CT molecular complexity index is 392. The zero-order chi connectivity index (χ0) is 11.4. The summed E-state index contributed by atoms with van der Waals surface area (Å²) < 4.78 is 5.19. The van der Waals surface area contributed by atoms with Crippen LogP contribution in [0.3, 0.4) is 0 Å². The molecule has 1 unspecified atom stereocenters. The number of hydrogen-bond acceptors (Lipinski definition) is 3. The van der Waals surface area contributed by atoms with E-state index in [0.29, 0.717) is 6.29 Å². The Morgan fingerprint density at radius 1 is 1.60 bits per heavy atom. The molecule has 1 aromatic rings. The number of ether oxygens (including phenoxy) is 1. The van der Waals surface area contributed by atoms with Crippen molar-refractivity contribution in [2.45, 2.75) is 13.0 Å². The van der Waals surface area contributed by atoms with Crippen LogP contribution in [0.25, 0.3) is 0 Å². The monoisotopic (exact) mass is 227 g/mol. The number of rotatable bonds is 4. The van der Waals surface area contributed by atoms with E-state index in [9.17, 15) is 9.59 Å². The highest BCUT2D eigenvalue weighted by Crippen LogP contribution is 2.28. The molecule has 1 atom stereocenters. The van der Waals surface area contributed by atoms with Gasteiger partial charge in [-0.3, -0.25) is 9.59 Å². The molecule has 80 valence electrons. The fourth-order valence-corrected chi connectivity index (χ4v) is 1.20. The Kier molecular flexibility index (Phi) is 3.68. The number of carbonyl (C=O) groups is 2. The molecule has 0 saturated heterocycles. The van der Waals surface area contributed by atoms with Crippen LogP contribution in [0.1, 0.15) is 17.3 Å². The van der Waals surface area contributed by atoms with Gasteiger partial charge in [-0.15, -0.1) is 0 Å². The number of benzene rings is 1. The smallest absolute Gasteiger partial charge is 0.258 e. The van der Waals surface area contributed by atoms with Crippen molar-refractivity contribution < 1.29 is 14.3 Å². The van der Waals surface area contributed by atoms with E-state index in [-0.39, 0.29) is 16.3 Å². The number of aldehydes is 1. The molecular formula is C10H10ClNO3. The van der Waals surface area contributed by atoms with E-state index >= 15 is 0 Å². The van der Waals surface area contributed by atoms with Crippen molar-refractivity contribution in [3.63, 3.8) is 0 Å². The van der Waals surface area contributed by atoms with Crippen molar-refractivity contribution in [2.75, 3.05) is 0 Å². The minimum absolute atomic E-state index is 0.181. The lowest BCUT2D eigenvalue weighted by molar-refractivity contribution is -0.123. The Labute approximate surface area is 92.0 Å². The SMILES string of the molecule is CC(Oc1c(Cl)cccc1C=O)C(N)=O. The van der Waals surface area contributed by atoms with Gasteiger partial charge in [-0.2, -0.15) is 0 Å². The molecule has 0 heterocycles. The zero-order valence-electron chi connectivity index (χ0n) is 8.07. The van der Waals surface area contributed by atoms with E-state index in [2.05, 4.69) is 0 Å². The third-order valence-corrected chi connectivity index (χ3v) is 2.12. The molecule has 1 aromatic carbocycles. The van der Waals surface area contributed by atoms with Gasteiger partial charge in [-0.25, -0.2) is 0 Å². The van der Waals surface area contributed by atoms with Crippen molar-refractivity contribution in [2.24, 2.45) is 5.73 Å². The van der Waals surface area contributed by atoms with Crippen LogP contribution >= 0.6 is 11.6 Å². The molecule has 2 N–H and O–H groups in total. The predicted octanol–water partition coefficient (Wildman–Crippen LogP) is 1.41. The molecule has 5 heteroatoms. The van der Waals surface area contributed by atoms with Crippen molar-refractivity contribution in [1.82, 2.24) is 0 Å². The number of halogens is 1. The van der Waals surface area contributed by atoms with Crippen LogP contribution in [-0.4, -0.2) is 18.3 Å². The molecule has 0 aromatic heterocycles. The number of amides is 1. The lowest BCUT2D eigenvalue weighted by atomic mass is 10.2. The molecule has 15 heavy (non-hydrogen) atoms. The summed E-state index contributed by atoms with van der Waals surface area (Å²) in [6.07, 6.45) is -0.224. The van der Waals surface area contributed by atoms with Gasteiger partial charge in [-0.05, 0) is 19.1 Å². The molecule has 0 aliphatic rings. The molecular weight excluding hydrogens is 218 g/mol. The Morgan fingerprint density at radius 3 is 2.80 bits per heavy atom. The minimum atomic E-state index is -0.830. The van der Waals surface area contributed by atoms with Crippen molar-refractivity contribution in [1.29, 1.82) is 0 Å². The van der Waals surface area contributed by atoms with Gasteiger partial charge in [0, 0.05) is 0 Å². The van der Waals surface area contributed by atoms with Gasteiger partial charge >= 0.3 is 0 Å². The quantitative estimate of drug-likeness (QED) is 0.791. The standard InChI is InChI=1S/C10H10ClNO3/c1-6(10(12)14)15-9-7(5-13)3-2-4-8(9)11/h2-6H,1H3,(H2,12,14). The molecule has 0 aliphatic heterocycles. The fraction of sp³-hybridized carbons (Fsp3) is 0.200.